The lowest BCUT2D eigenvalue weighted by atomic mass is 10.1. The van der Waals surface area contributed by atoms with Crippen molar-refractivity contribution in [2.24, 2.45) is 5.92 Å². The molecule has 1 heterocycles. The second kappa shape index (κ2) is 6.23. The van der Waals surface area contributed by atoms with Crippen LogP contribution in [-0.4, -0.2) is 16.9 Å². The van der Waals surface area contributed by atoms with Gasteiger partial charge < -0.3 is 10.6 Å². The van der Waals surface area contributed by atoms with Crippen molar-refractivity contribution in [3.8, 4) is 0 Å². The highest BCUT2D eigenvalue weighted by Gasteiger charge is 2.05. The fourth-order valence-electron chi connectivity index (χ4n) is 1.45. The van der Waals surface area contributed by atoms with E-state index in [1.165, 1.54) is 0 Å². The first kappa shape index (κ1) is 13.5. The van der Waals surface area contributed by atoms with Gasteiger partial charge in [0.1, 0.15) is 5.82 Å². The lowest BCUT2D eigenvalue weighted by Crippen LogP contribution is -2.15. The molecule has 0 fully saturated rings. The number of rotatable bonds is 5. The standard InChI is InChI=1S/C13H21N3O/c1-9(2)7-13(17)16-12-6-5-11(8-14-12)15-10(3)4/h5-6,8-10,15H,7H2,1-4H3,(H,14,16,17). The van der Waals surface area contributed by atoms with Gasteiger partial charge in [0.2, 0.25) is 5.91 Å². The number of carbonyl (C=O) groups is 1. The third kappa shape index (κ3) is 5.33. The van der Waals surface area contributed by atoms with Gasteiger partial charge in [-0.15, -0.1) is 0 Å². The molecule has 0 spiro atoms. The molecule has 0 radical (unpaired) electrons. The molecule has 1 aromatic heterocycles. The minimum Gasteiger partial charge on any atom is -0.382 e. The zero-order chi connectivity index (χ0) is 12.8. The number of aromatic nitrogens is 1. The number of hydrogen-bond donors (Lipinski definition) is 2. The number of nitrogens with zero attached hydrogens (tertiary/aromatic N) is 1. The smallest absolute Gasteiger partial charge is 0.225 e. The largest absolute Gasteiger partial charge is 0.382 e. The summed E-state index contributed by atoms with van der Waals surface area (Å²) in [5.74, 6) is 0.971. The number of hydrogen-bond acceptors (Lipinski definition) is 3. The van der Waals surface area contributed by atoms with Crippen LogP contribution >= 0.6 is 0 Å². The van der Waals surface area contributed by atoms with E-state index >= 15 is 0 Å². The maximum absolute atomic E-state index is 11.5. The third-order valence-electron chi connectivity index (χ3n) is 2.08. The van der Waals surface area contributed by atoms with Crippen LogP contribution in [0.25, 0.3) is 0 Å². The van der Waals surface area contributed by atoms with Gasteiger partial charge in [-0.1, -0.05) is 13.8 Å². The summed E-state index contributed by atoms with van der Waals surface area (Å²) in [5, 5.41) is 6.02. The molecule has 0 aliphatic carbocycles. The minimum absolute atomic E-state index is 0.0112. The SMILES string of the molecule is CC(C)CC(=O)Nc1ccc(NC(C)C)cn1. The quantitative estimate of drug-likeness (QED) is 0.825. The first-order valence-corrected chi connectivity index (χ1v) is 6.00. The molecular weight excluding hydrogens is 214 g/mol. The Balaban J connectivity index is 2.53. The number of nitrogens with one attached hydrogen (secondary N) is 2. The Morgan fingerprint density at radius 1 is 1.29 bits per heavy atom. The third-order valence-corrected chi connectivity index (χ3v) is 2.08. The van der Waals surface area contributed by atoms with Crippen molar-refractivity contribution in [2.75, 3.05) is 10.6 Å². The summed E-state index contributed by atoms with van der Waals surface area (Å²) >= 11 is 0. The Hall–Kier alpha value is -1.58. The van der Waals surface area contributed by atoms with Crippen molar-refractivity contribution in [2.45, 2.75) is 40.2 Å². The number of anilines is 2. The van der Waals surface area contributed by atoms with E-state index in [1.807, 2.05) is 26.0 Å². The van der Waals surface area contributed by atoms with E-state index in [1.54, 1.807) is 6.20 Å². The second-order valence-electron chi connectivity index (χ2n) is 4.88. The van der Waals surface area contributed by atoms with Crippen molar-refractivity contribution in [1.82, 2.24) is 4.98 Å². The van der Waals surface area contributed by atoms with Crippen LogP contribution in [0.3, 0.4) is 0 Å². The molecule has 17 heavy (non-hydrogen) atoms. The average molecular weight is 235 g/mol. The molecule has 0 saturated carbocycles. The normalized spacial score (nSPS) is 10.7. The van der Waals surface area contributed by atoms with Crippen LogP contribution in [0.5, 0.6) is 0 Å². The summed E-state index contributed by atoms with van der Waals surface area (Å²) in [6, 6.07) is 4.10. The van der Waals surface area contributed by atoms with Gasteiger partial charge in [-0.3, -0.25) is 4.79 Å². The summed E-state index contributed by atoms with van der Waals surface area (Å²) < 4.78 is 0. The molecular formula is C13H21N3O. The Bertz CT molecular complexity index is 357. The molecule has 0 aliphatic heterocycles. The highest BCUT2D eigenvalue weighted by atomic mass is 16.1. The summed E-state index contributed by atoms with van der Waals surface area (Å²) in [7, 11) is 0. The highest BCUT2D eigenvalue weighted by Crippen LogP contribution is 2.11. The van der Waals surface area contributed by atoms with Crippen molar-refractivity contribution in [1.29, 1.82) is 0 Å². The van der Waals surface area contributed by atoms with Crippen molar-refractivity contribution < 1.29 is 4.79 Å². The number of carbonyl (C=O) groups excluding carboxylic acids is 1. The predicted octanol–water partition coefficient (Wildman–Crippen LogP) is 2.89. The molecule has 1 amide bonds. The summed E-state index contributed by atoms with van der Waals surface area (Å²) in [5.41, 5.74) is 0.960. The van der Waals surface area contributed by atoms with E-state index in [9.17, 15) is 4.79 Å². The Morgan fingerprint density at radius 2 is 2.00 bits per heavy atom. The van der Waals surface area contributed by atoms with Crippen molar-refractivity contribution >= 4 is 17.4 Å². The first-order chi connectivity index (χ1) is 7.97. The van der Waals surface area contributed by atoms with E-state index in [0.29, 0.717) is 24.2 Å². The van der Waals surface area contributed by atoms with Crippen LogP contribution in [0.15, 0.2) is 18.3 Å². The Labute approximate surface area is 103 Å². The lowest BCUT2D eigenvalue weighted by molar-refractivity contribution is -0.116. The Morgan fingerprint density at radius 3 is 2.47 bits per heavy atom. The molecule has 1 aromatic rings. The van der Waals surface area contributed by atoms with Gasteiger partial charge in [0, 0.05) is 12.5 Å². The van der Waals surface area contributed by atoms with E-state index in [0.717, 1.165) is 5.69 Å². The van der Waals surface area contributed by atoms with Crippen molar-refractivity contribution in [3.05, 3.63) is 18.3 Å². The van der Waals surface area contributed by atoms with Crippen LogP contribution in [0, 0.1) is 5.92 Å². The molecule has 0 atom stereocenters. The van der Waals surface area contributed by atoms with Gasteiger partial charge in [0.05, 0.1) is 11.9 Å². The topological polar surface area (TPSA) is 54.0 Å². The van der Waals surface area contributed by atoms with Gasteiger partial charge in [-0.25, -0.2) is 4.98 Å². The molecule has 0 aliphatic rings. The van der Waals surface area contributed by atoms with Crippen LogP contribution in [0.2, 0.25) is 0 Å². The summed E-state index contributed by atoms with van der Waals surface area (Å²) in [4.78, 5) is 15.7. The number of amides is 1. The molecule has 4 nitrogen and oxygen atoms in total. The predicted molar refractivity (Wildman–Crippen MR) is 71.1 cm³/mol. The Kier molecular flexibility index (Phi) is 4.94. The van der Waals surface area contributed by atoms with Crippen LogP contribution in [0.1, 0.15) is 34.1 Å². The molecule has 0 aromatic carbocycles. The second-order valence-corrected chi connectivity index (χ2v) is 4.88. The fourth-order valence-corrected chi connectivity index (χ4v) is 1.45. The van der Waals surface area contributed by atoms with E-state index < -0.39 is 0 Å². The number of pyridine rings is 1. The molecule has 94 valence electrons. The van der Waals surface area contributed by atoms with Crippen LogP contribution in [0.4, 0.5) is 11.5 Å². The monoisotopic (exact) mass is 235 g/mol. The molecule has 1 rings (SSSR count). The van der Waals surface area contributed by atoms with Gasteiger partial charge in [0.15, 0.2) is 0 Å². The molecule has 0 unspecified atom stereocenters. The fraction of sp³-hybridized carbons (Fsp3) is 0.538. The maximum atomic E-state index is 11.5. The van der Waals surface area contributed by atoms with E-state index in [2.05, 4.69) is 29.5 Å². The van der Waals surface area contributed by atoms with Gasteiger partial charge in [0.25, 0.3) is 0 Å². The molecule has 0 saturated heterocycles. The molecule has 4 heteroatoms. The summed E-state index contributed by atoms with van der Waals surface area (Å²) in [6.45, 7) is 8.17. The first-order valence-electron chi connectivity index (χ1n) is 6.00. The van der Waals surface area contributed by atoms with E-state index in [-0.39, 0.29) is 5.91 Å². The van der Waals surface area contributed by atoms with Crippen LogP contribution < -0.4 is 10.6 Å². The zero-order valence-electron chi connectivity index (χ0n) is 10.9. The highest BCUT2D eigenvalue weighted by molar-refractivity contribution is 5.89. The molecule has 0 bridgehead atoms. The maximum Gasteiger partial charge on any atom is 0.225 e. The minimum atomic E-state index is 0.0112. The van der Waals surface area contributed by atoms with Gasteiger partial charge >= 0.3 is 0 Å². The van der Waals surface area contributed by atoms with E-state index in [4.69, 9.17) is 0 Å². The summed E-state index contributed by atoms with van der Waals surface area (Å²) in [6.07, 6.45) is 2.25. The zero-order valence-corrected chi connectivity index (χ0v) is 10.9. The molecule has 2 N–H and O–H groups in total. The van der Waals surface area contributed by atoms with Crippen LogP contribution in [-0.2, 0) is 4.79 Å². The van der Waals surface area contributed by atoms with Gasteiger partial charge in [-0.05, 0) is 31.9 Å². The van der Waals surface area contributed by atoms with Crippen molar-refractivity contribution in [3.63, 3.8) is 0 Å². The average Bonchev–Trinajstić information content (AvgIpc) is 2.18. The lowest BCUT2D eigenvalue weighted by Gasteiger charge is -2.10. The van der Waals surface area contributed by atoms with Gasteiger partial charge in [-0.2, -0.15) is 0 Å².